The van der Waals surface area contributed by atoms with Gasteiger partial charge >= 0.3 is 0 Å². The number of carbonyl (C=O) groups is 2. The third-order valence-electron chi connectivity index (χ3n) is 4.75. The van der Waals surface area contributed by atoms with E-state index in [-0.39, 0.29) is 18.2 Å². The molecule has 1 aliphatic rings. The van der Waals surface area contributed by atoms with Crippen molar-refractivity contribution in [1.82, 2.24) is 24.6 Å². The van der Waals surface area contributed by atoms with Crippen LogP contribution in [0.15, 0.2) is 24.3 Å². The highest BCUT2D eigenvalue weighted by Gasteiger charge is 2.33. The minimum atomic E-state index is -0.195. The molecule has 7 nitrogen and oxygen atoms in total. The number of H-pyrrole nitrogens is 1. The van der Waals surface area contributed by atoms with Gasteiger partial charge in [-0.2, -0.15) is 0 Å². The molecule has 1 aliphatic heterocycles. The van der Waals surface area contributed by atoms with Crippen LogP contribution in [0.5, 0.6) is 0 Å². The third-order valence-corrected chi connectivity index (χ3v) is 5.57. The summed E-state index contributed by atoms with van der Waals surface area (Å²) >= 11 is 1.07. The summed E-state index contributed by atoms with van der Waals surface area (Å²) in [6.45, 7) is 4.82. The van der Waals surface area contributed by atoms with Crippen molar-refractivity contribution in [2.24, 2.45) is 0 Å². The van der Waals surface area contributed by atoms with Crippen molar-refractivity contribution in [3.8, 4) is 0 Å². The van der Waals surface area contributed by atoms with Crippen LogP contribution < -0.4 is 0 Å². The molecule has 4 rings (SSSR count). The molecule has 1 N–H and O–H groups in total. The molecule has 0 unspecified atom stereocenters. The Balaban J connectivity index is 1.58. The Morgan fingerprint density at radius 2 is 1.96 bits per heavy atom. The number of nitrogens with zero attached hydrogens (tertiary/aromatic N) is 4. The number of aromatic nitrogens is 3. The molecule has 2 amide bonds. The number of hydrogen-bond acceptors (Lipinski definition) is 5. The van der Waals surface area contributed by atoms with Crippen LogP contribution in [-0.2, 0) is 11.2 Å². The second-order valence-corrected chi connectivity index (χ2v) is 7.19. The number of fused-ring (bicyclic) bond motifs is 1. The standard InChI is InChI=1S/C18H19N5O2S/c1-11-14(13-6-3-4-7-15(13)19-11)10-16(24)22-8-5-9-23(22)18(25)17-12(2)20-21-26-17/h3-4,6-7,19H,5,8-10H2,1-2H3. The molecule has 2 aromatic heterocycles. The topological polar surface area (TPSA) is 82.2 Å². The van der Waals surface area contributed by atoms with E-state index in [1.807, 2.05) is 31.2 Å². The van der Waals surface area contributed by atoms with Crippen molar-refractivity contribution in [3.05, 3.63) is 46.1 Å². The van der Waals surface area contributed by atoms with Gasteiger partial charge in [-0.05, 0) is 43.4 Å². The first-order chi connectivity index (χ1) is 12.6. The normalized spacial score (nSPS) is 14.4. The van der Waals surface area contributed by atoms with Gasteiger partial charge in [0.25, 0.3) is 5.91 Å². The summed E-state index contributed by atoms with van der Waals surface area (Å²) in [5.74, 6) is -0.266. The molecule has 0 spiro atoms. The average Bonchev–Trinajstić information content (AvgIpc) is 3.34. The van der Waals surface area contributed by atoms with E-state index < -0.39 is 0 Å². The molecule has 3 aromatic rings. The number of amides is 2. The van der Waals surface area contributed by atoms with Gasteiger partial charge in [-0.25, -0.2) is 5.01 Å². The number of nitrogens with one attached hydrogen (secondary N) is 1. The van der Waals surface area contributed by atoms with E-state index in [4.69, 9.17) is 0 Å². The number of hydrazine groups is 1. The Hall–Kier alpha value is -2.74. The van der Waals surface area contributed by atoms with E-state index in [2.05, 4.69) is 14.6 Å². The first-order valence-corrected chi connectivity index (χ1v) is 9.31. The number of hydrogen-bond donors (Lipinski definition) is 1. The van der Waals surface area contributed by atoms with E-state index in [1.54, 1.807) is 11.9 Å². The van der Waals surface area contributed by atoms with E-state index in [0.29, 0.717) is 23.7 Å². The fourth-order valence-corrected chi connectivity index (χ4v) is 4.03. The maximum atomic E-state index is 13.0. The Kier molecular flexibility index (Phi) is 4.20. The molecule has 0 radical (unpaired) electrons. The zero-order valence-corrected chi connectivity index (χ0v) is 15.5. The highest BCUT2D eigenvalue weighted by Crippen LogP contribution is 2.25. The lowest BCUT2D eigenvalue weighted by molar-refractivity contribution is -0.139. The Bertz CT molecular complexity index is 993. The summed E-state index contributed by atoms with van der Waals surface area (Å²) in [6.07, 6.45) is 1.04. The molecule has 0 bridgehead atoms. The van der Waals surface area contributed by atoms with E-state index >= 15 is 0 Å². The van der Waals surface area contributed by atoms with Gasteiger partial charge in [0.15, 0.2) is 0 Å². The van der Waals surface area contributed by atoms with Gasteiger partial charge in [0.05, 0.1) is 12.1 Å². The monoisotopic (exact) mass is 369 g/mol. The predicted molar refractivity (Wildman–Crippen MR) is 98.8 cm³/mol. The molecule has 8 heteroatoms. The van der Waals surface area contributed by atoms with E-state index in [0.717, 1.165) is 40.1 Å². The lowest BCUT2D eigenvalue weighted by Crippen LogP contribution is -2.45. The maximum Gasteiger partial charge on any atom is 0.286 e. The molecule has 0 saturated carbocycles. The van der Waals surface area contributed by atoms with Crippen molar-refractivity contribution < 1.29 is 9.59 Å². The molecule has 134 valence electrons. The molecule has 1 saturated heterocycles. The van der Waals surface area contributed by atoms with Crippen LogP contribution in [0.1, 0.15) is 33.0 Å². The highest BCUT2D eigenvalue weighted by molar-refractivity contribution is 7.07. The maximum absolute atomic E-state index is 13.0. The Morgan fingerprint density at radius 1 is 1.19 bits per heavy atom. The molecule has 0 aliphatic carbocycles. The second kappa shape index (κ2) is 6.53. The average molecular weight is 369 g/mol. The van der Waals surface area contributed by atoms with Gasteiger partial charge in [-0.15, -0.1) is 5.10 Å². The van der Waals surface area contributed by atoms with Crippen molar-refractivity contribution >= 4 is 34.2 Å². The number of rotatable bonds is 3. The number of benzene rings is 1. The van der Waals surface area contributed by atoms with Gasteiger partial charge in [-0.3, -0.25) is 14.6 Å². The summed E-state index contributed by atoms with van der Waals surface area (Å²) in [6, 6.07) is 7.95. The second-order valence-electron chi connectivity index (χ2n) is 6.44. The van der Waals surface area contributed by atoms with Crippen LogP contribution in [0.25, 0.3) is 10.9 Å². The van der Waals surface area contributed by atoms with Gasteiger partial charge in [0, 0.05) is 29.7 Å². The van der Waals surface area contributed by atoms with E-state index in [1.165, 1.54) is 5.01 Å². The van der Waals surface area contributed by atoms with Crippen LogP contribution in [0, 0.1) is 13.8 Å². The van der Waals surface area contributed by atoms with Crippen LogP contribution >= 0.6 is 11.5 Å². The summed E-state index contributed by atoms with van der Waals surface area (Å²) in [7, 11) is 0. The first kappa shape index (κ1) is 16.7. The van der Waals surface area contributed by atoms with Crippen LogP contribution in [-0.4, -0.2) is 49.5 Å². The summed E-state index contributed by atoms with van der Waals surface area (Å²) < 4.78 is 3.83. The zero-order chi connectivity index (χ0) is 18.3. The highest BCUT2D eigenvalue weighted by atomic mass is 32.1. The van der Waals surface area contributed by atoms with E-state index in [9.17, 15) is 9.59 Å². The fraction of sp³-hybridized carbons (Fsp3) is 0.333. The van der Waals surface area contributed by atoms with Crippen LogP contribution in [0.4, 0.5) is 0 Å². The fourth-order valence-electron chi connectivity index (χ4n) is 3.43. The molecule has 26 heavy (non-hydrogen) atoms. The van der Waals surface area contributed by atoms with Crippen molar-refractivity contribution in [2.45, 2.75) is 26.7 Å². The third kappa shape index (κ3) is 2.76. The van der Waals surface area contributed by atoms with Crippen LogP contribution in [0.3, 0.4) is 0 Å². The van der Waals surface area contributed by atoms with Crippen molar-refractivity contribution in [1.29, 1.82) is 0 Å². The Labute approximate surface area is 154 Å². The number of para-hydroxylation sites is 1. The van der Waals surface area contributed by atoms with Crippen molar-refractivity contribution in [3.63, 3.8) is 0 Å². The molecule has 0 atom stereocenters. The number of aryl methyl sites for hydroxylation is 2. The van der Waals surface area contributed by atoms with Gasteiger partial charge in [-0.1, -0.05) is 22.7 Å². The summed E-state index contributed by atoms with van der Waals surface area (Å²) in [5, 5.41) is 8.06. The zero-order valence-electron chi connectivity index (χ0n) is 14.7. The van der Waals surface area contributed by atoms with Crippen LogP contribution in [0.2, 0.25) is 0 Å². The van der Waals surface area contributed by atoms with Gasteiger partial charge < -0.3 is 4.98 Å². The largest absolute Gasteiger partial charge is 0.358 e. The van der Waals surface area contributed by atoms with Crippen molar-refractivity contribution in [2.75, 3.05) is 13.1 Å². The summed E-state index contributed by atoms with van der Waals surface area (Å²) in [4.78, 5) is 29.6. The predicted octanol–water partition coefficient (Wildman–Crippen LogP) is 2.47. The molecular formula is C18H19N5O2S. The number of carbonyl (C=O) groups excluding carboxylic acids is 2. The lowest BCUT2D eigenvalue weighted by Gasteiger charge is -2.27. The lowest BCUT2D eigenvalue weighted by atomic mass is 10.1. The molecule has 3 heterocycles. The minimum absolute atomic E-state index is 0.0705. The quantitative estimate of drug-likeness (QED) is 0.769. The summed E-state index contributed by atoms with van der Waals surface area (Å²) in [5.41, 5.74) is 3.60. The smallest absolute Gasteiger partial charge is 0.286 e. The number of aromatic amines is 1. The first-order valence-electron chi connectivity index (χ1n) is 8.53. The molecular weight excluding hydrogens is 350 g/mol. The van der Waals surface area contributed by atoms with Gasteiger partial charge in [0.1, 0.15) is 4.88 Å². The van der Waals surface area contributed by atoms with Gasteiger partial charge in [0.2, 0.25) is 5.91 Å². The Morgan fingerprint density at radius 3 is 2.73 bits per heavy atom. The minimum Gasteiger partial charge on any atom is -0.358 e. The SMILES string of the molecule is Cc1nnsc1C(=O)N1CCCN1C(=O)Cc1c(C)[nH]c2ccccc12. The molecule has 1 fully saturated rings. The molecule has 1 aromatic carbocycles.